The number of thioether (sulfide) groups is 2. The Kier molecular flexibility index (Phi) is 6.11. The van der Waals surface area contributed by atoms with Crippen LogP contribution in [0, 0.1) is 0 Å². The highest BCUT2D eigenvalue weighted by Gasteiger charge is 2.36. The van der Waals surface area contributed by atoms with Gasteiger partial charge >= 0.3 is 0 Å². The van der Waals surface area contributed by atoms with Crippen molar-refractivity contribution in [2.45, 2.75) is 10.7 Å². The summed E-state index contributed by atoms with van der Waals surface area (Å²) in [5, 5.41) is 1.18. The second kappa shape index (κ2) is 8.57. The molecule has 0 aliphatic carbocycles. The first kappa shape index (κ1) is 20.0. The molecule has 2 atom stereocenters. The number of nitrogens with zero attached hydrogens (tertiary/aromatic N) is 2. The summed E-state index contributed by atoms with van der Waals surface area (Å²) in [4.78, 5) is 28.6. The predicted molar refractivity (Wildman–Crippen MR) is 117 cm³/mol. The highest BCUT2D eigenvalue weighted by atomic mass is 35.5. The summed E-state index contributed by atoms with van der Waals surface area (Å²) >= 11 is 15.4. The van der Waals surface area contributed by atoms with Crippen molar-refractivity contribution in [3.63, 3.8) is 0 Å². The van der Waals surface area contributed by atoms with E-state index in [1.807, 2.05) is 58.3 Å². The van der Waals surface area contributed by atoms with E-state index in [0.717, 1.165) is 11.1 Å². The smallest absolute Gasteiger partial charge is 0.233 e. The number of hydrogen-bond acceptors (Lipinski definition) is 4. The maximum Gasteiger partial charge on any atom is 0.233 e. The number of carbonyl (C=O) groups excluding carboxylic acids is 2. The molecule has 0 saturated carbocycles. The van der Waals surface area contributed by atoms with Gasteiger partial charge in [-0.2, -0.15) is 0 Å². The molecule has 2 aromatic rings. The third kappa shape index (κ3) is 4.15. The summed E-state index contributed by atoms with van der Waals surface area (Å²) in [6.45, 7) is 0.985. The first-order valence-corrected chi connectivity index (χ1v) is 11.7. The Morgan fingerprint density at radius 2 is 1.21 bits per heavy atom. The molecule has 2 aromatic carbocycles. The Morgan fingerprint density at radius 1 is 0.786 bits per heavy atom. The average Bonchev–Trinajstić information content (AvgIpc) is 3.22. The van der Waals surface area contributed by atoms with Crippen LogP contribution in [-0.2, 0) is 9.59 Å². The highest BCUT2D eigenvalue weighted by Crippen LogP contribution is 2.41. The van der Waals surface area contributed by atoms with Gasteiger partial charge in [0.05, 0.1) is 11.5 Å². The van der Waals surface area contributed by atoms with Crippen LogP contribution in [0.1, 0.15) is 21.9 Å². The van der Waals surface area contributed by atoms with Crippen molar-refractivity contribution in [1.29, 1.82) is 0 Å². The molecule has 2 fully saturated rings. The third-order valence-electron chi connectivity index (χ3n) is 4.79. The van der Waals surface area contributed by atoms with Crippen LogP contribution in [0.5, 0.6) is 0 Å². The Labute approximate surface area is 182 Å². The molecule has 2 heterocycles. The zero-order valence-electron chi connectivity index (χ0n) is 14.9. The fourth-order valence-corrected chi connectivity index (χ4v) is 6.29. The SMILES string of the molecule is O=C1CS[C@H](c2cccc(Cl)c2)N1CCN1C(=O)CS[C@H]1c1cccc(Cl)c1. The van der Waals surface area contributed by atoms with Gasteiger partial charge in [-0.15, -0.1) is 23.5 Å². The minimum Gasteiger partial charge on any atom is -0.324 e. The molecule has 4 nitrogen and oxygen atoms in total. The molecule has 4 rings (SSSR count). The molecule has 0 spiro atoms. The van der Waals surface area contributed by atoms with Gasteiger partial charge < -0.3 is 9.80 Å². The summed E-state index contributed by atoms with van der Waals surface area (Å²) in [7, 11) is 0. The average molecular weight is 453 g/mol. The largest absolute Gasteiger partial charge is 0.324 e. The fourth-order valence-electron chi connectivity index (χ4n) is 3.48. The second-order valence-corrected chi connectivity index (χ2v) is 9.62. The van der Waals surface area contributed by atoms with Crippen LogP contribution in [0.4, 0.5) is 0 Å². The van der Waals surface area contributed by atoms with Gasteiger partial charge in [0.25, 0.3) is 0 Å². The molecule has 2 amide bonds. The number of amides is 2. The van der Waals surface area contributed by atoms with Crippen LogP contribution in [0.15, 0.2) is 48.5 Å². The minimum atomic E-state index is -0.0684. The lowest BCUT2D eigenvalue weighted by atomic mass is 10.2. The van der Waals surface area contributed by atoms with Crippen molar-refractivity contribution in [1.82, 2.24) is 9.80 Å². The summed E-state index contributed by atoms with van der Waals surface area (Å²) in [5.41, 5.74) is 2.02. The van der Waals surface area contributed by atoms with E-state index >= 15 is 0 Å². The Bertz CT molecular complexity index is 838. The topological polar surface area (TPSA) is 40.6 Å². The van der Waals surface area contributed by atoms with Crippen molar-refractivity contribution in [3.05, 3.63) is 69.7 Å². The molecule has 0 N–H and O–H groups in total. The van der Waals surface area contributed by atoms with Gasteiger partial charge in [0.15, 0.2) is 0 Å². The van der Waals surface area contributed by atoms with Gasteiger partial charge in [0, 0.05) is 23.1 Å². The van der Waals surface area contributed by atoms with Crippen LogP contribution >= 0.6 is 46.7 Å². The zero-order chi connectivity index (χ0) is 19.7. The summed E-state index contributed by atoms with van der Waals surface area (Å²) in [6, 6.07) is 15.2. The van der Waals surface area contributed by atoms with E-state index in [2.05, 4.69) is 0 Å². The molecule has 146 valence electrons. The maximum absolute atomic E-state index is 12.5. The number of hydrogen-bond donors (Lipinski definition) is 0. The Hall–Kier alpha value is -1.34. The minimum absolute atomic E-state index is 0.0684. The number of rotatable bonds is 5. The van der Waals surface area contributed by atoms with Gasteiger partial charge in [0.2, 0.25) is 11.8 Å². The van der Waals surface area contributed by atoms with Crippen molar-refractivity contribution in [2.24, 2.45) is 0 Å². The molecule has 2 saturated heterocycles. The quantitative estimate of drug-likeness (QED) is 0.650. The molecule has 2 aliphatic heterocycles. The summed E-state index contributed by atoms with van der Waals surface area (Å²) in [5.74, 6) is 1.07. The zero-order valence-corrected chi connectivity index (χ0v) is 18.0. The highest BCUT2D eigenvalue weighted by molar-refractivity contribution is 8.00. The van der Waals surface area contributed by atoms with E-state index in [9.17, 15) is 9.59 Å². The molecular formula is C20H18Cl2N2O2S2. The molecule has 0 bridgehead atoms. The van der Waals surface area contributed by atoms with E-state index in [0.29, 0.717) is 34.6 Å². The van der Waals surface area contributed by atoms with Gasteiger partial charge in [-0.3, -0.25) is 9.59 Å². The van der Waals surface area contributed by atoms with Gasteiger partial charge in [-0.1, -0.05) is 47.5 Å². The first-order chi connectivity index (χ1) is 13.5. The van der Waals surface area contributed by atoms with Gasteiger partial charge in [0.1, 0.15) is 10.7 Å². The van der Waals surface area contributed by atoms with Crippen LogP contribution < -0.4 is 0 Å². The molecule has 2 aliphatic rings. The maximum atomic E-state index is 12.5. The molecule has 28 heavy (non-hydrogen) atoms. The standard InChI is InChI=1S/C20H18Cl2N2O2S2/c21-15-5-1-3-13(9-15)19-23(17(25)11-27-19)7-8-24-18(26)12-28-20(24)14-4-2-6-16(22)10-14/h1-6,9-10,19-20H,7-8,11-12H2/t19-,20+. The van der Waals surface area contributed by atoms with E-state index in [1.54, 1.807) is 23.5 Å². The first-order valence-electron chi connectivity index (χ1n) is 8.86. The number of benzene rings is 2. The van der Waals surface area contributed by atoms with Gasteiger partial charge in [-0.05, 0) is 35.4 Å². The van der Waals surface area contributed by atoms with Crippen LogP contribution in [-0.4, -0.2) is 46.2 Å². The normalized spacial score (nSPS) is 22.4. The van der Waals surface area contributed by atoms with Crippen molar-refractivity contribution >= 4 is 58.5 Å². The number of halogens is 2. The van der Waals surface area contributed by atoms with E-state index in [4.69, 9.17) is 23.2 Å². The molecule has 0 aromatic heterocycles. The third-order valence-corrected chi connectivity index (χ3v) is 7.77. The van der Waals surface area contributed by atoms with Crippen molar-refractivity contribution < 1.29 is 9.59 Å². The predicted octanol–water partition coefficient (Wildman–Crippen LogP) is 4.84. The van der Waals surface area contributed by atoms with Crippen molar-refractivity contribution in [3.8, 4) is 0 Å². The Balaban J connectivity index is 1.50. The number of carbonyl (C=O) groups is 2. The monoisotopic (exact) mass is 452 g/mol. The molecule has 0 unspecified atom stereocenters. The van der Waals surface area contributed by atoms with Crippen LogP contribution in [0.2, 0.25) is 10.0 Å². The van der Waals surface area contributed by atoms with Crippen molar-refractivity contribution in [2.75, 3.05) is 24.6 Å². The molecule has 8 heteroatoms. The second-order valence-electron chi connectivity index (χ2n) is 6.61. The lowest BCUT2D eigenvalue weighted by Gasteiger charge is -2.29. The Morgan fingerprint density at radius 3 is 1.61 bits per heavy atom. The van der Waals surface area contributed by atoms with Crippen LogP contribution in [0.25, 0.3) is 0 Å². The molecular weight excluding hydrogens is 435 g/mol. The summed E-state index contributed by atoms with van der Waals surface area (Å²) in [6.07, 6.45) is 0. The lowest BCUT2D eigenvalue weighted by Crippen LogP contribution is -2.39. The van der Waals surface area contributed by atoms with E-state index in [1.165, 1.54) is 0 Å². The summed E-state index contributed by atoms with van der Waals surface area (Å²) < 4.78 is 0. The van der Waals surface area contributed by atoms with Gasteiger partial charge in [-0.25, -0.2) is 0 Å². The fraction of sp³-hybridized carbons (Fsp3) is 0.300. The van der Waals surface area contributed by atoms with Crippen LogP contribution in [0.3, 0.4) is 0 Å². The van der Waals surface area contributed by atoms with E-state index in [-0.39, 0.29) is 22.6 Å². The lowest BCUT2D eigenvalue weighted by molar-refractivity contribution is -0.132. The molecule has 0 radical (unpaired) electrons. The van der Waals surface area contributed by atoms with E-state index < -0.39 is 0 Å².